The van der Waals surface area contributed by atoms with Crippen LogP contribution in [0.4, 0.5) is 5.69 Å². The summed E-state index contributed by atoms with van der Waals surface area (Å²) in [5.74, 6) is 0. The Kier molecular flexibility index (Phi) is 2.41. The maximum absolute atomic E-state index is 6.12. The van der Waals surface area contributed by atoms with Crippen molar-refractivity contribution in [2.45, 2.75) is 10.1 Å². The molecule has 3 rings (SSSR count). The molecule has 0 saturated carbocycles. The molecule has 84 valence electrons. The molecule has 2 aromatic heterocycles. The Balaban J connectivity index is 2.09. The lowest BCUT2D eigenvalue weighted by atomic mass is 10.1. The molecule has 0 radical (unpaired) electrons. The zero-order valence-corrected chi connectivity index (χ0v) is 9.61. The lowest BCUT2D eigenvalue weighted by molar-refractivity contribution is 0.973. The Labute approximate surface area is 101 Å². The van der Waals surface area contributed by atoms with Crippen LogP contribution < -0.4 is 5.73 Å². The van der Waals surface area contributed by atoms with Crippen LogP contribution in [0.25, 0.3) is 10.8 Å². The average Bonchev–Trinajstić information content (AvgIpc) is 2.86. The predicted molar refractivity (Wildman–Crippen MR) is 66.7 cm³/mol. The fraction of sp³-hybridized carbons (Fsp3) is 0. The first-order chi connectivity index (χ1) is 8.34. The number of aromatic amines is 1. The van der Waals surface area contributed by atoms with Gasteiger partial charge in [-0.15, -0.1) is 0 Å². The molecule has 1 aromatic carbocycles. The number of rotatable bonds is 2. The van der Waals surface area contributed by atoms with Gasteiger partial charge in [0.2, 0.25) is 0 Å². The molecule has 2 heterocycles. The van der Waals surface area contributed by atoms with Gasteiger partial charge in [-0.3, -0.25) is 10.1 Å². The van der Waals surface area contributed by atoms with E-state index in [2.05, 4.69) is 20.2 Å². The van der Waals surface area contributed by atoms with E-state index in [9.17, 15) is 0 Å². The first-order valence-corrected chi connectivity index (χ1v) is 5.81. The van der Waals surface area contributed by atoms with Crippen molar-refractivity contribution in [3.63, 3.8) is 0 Å². The van der Waals surface area contributed by atoms with Crippen LogP contribution in [-0.2, 0) is 0 Å². The van der Waals surface area contributed by atoms with Crippen LogP contribution in [0.15, 0.2) is 47.0 Å². The third kappa shape index (κ3) is 1.83. The molecule has 0 atom stereocenters. The van der Waals surface area contributed by atoms with Gasteiger partial charge in [-0.25, -0.2) is 4.98 Å². The van der Waals surface area contributed by atoms with E-state index in [1.165, 1.54) is 18.1 Å². The van der Waals surface area contributed by atoms with Crippen LogP contribution >= 0.6 is 11.8 Å². The Morgan fingerprint density at radius 2 is 2.18 bits per heavy atom. The number of aromatic nitrogens is 4. The second-order valence-corrected chi connectivity index (χ2v) is 4.50. The number of pyridine rings is 1. The second-order valence-electron chi connectivity index (χ2n) is 3.47. The minimum atomic E-state index is 0.727. The normalized spacial score (nSPS) is 10.8. The fourth-order valence-electron chi connectivity index (χ4n) is 1.61. The third-order valence-corrected chi connectivity index (χ3v) is 3.39. The van der Waals surface area contributed by atoms with Gasteiger partial charge >= 0.3 is 0 Å². The minimum absolute atomic E-state index is 0.727. The SMILES string of the molecule is Nc1c(Sc2ncn[nH]2)ccc2cnccc12. The van der Waals surface area contributed by atoms with Gasteiger partial charge in [0.15, 0.2) is 5.16 Å². The molecule has 0 fully saturated rings. The lowest BCUT2D eigenvalue weighted by Crippen LogP contribution is -1.91. The van der Waals surface area contributed by atoms with Crippen LogP contribution in [0.1, 0.15) is 0 Å². The van der Waals surface area contributed by atoms with Crippen molar-refractivity contribution >= 4 is 28.2 Å². The van der Waals surface area contributed by atoms with Crippen molar-refractivity contribution < 1.29 is 0 Å². The molecule has 3 N–H and O–H groups in total. The highest BCUT2D eigenvalue weighted by molar-refractivity contribution is 7.99. The summed E-state index contributed by atoms with van der Waals surface area (Å²) in [5, 5.41) is 9.36. The van der Waals surface area contributed by atoms with Gasteiger partial charge in [-0.05, 0) is 23.9 Å². The first kappa shape index (κ1) is 10.1. The maximum Gasteiger partial charge on any atom is 0.188 e. The van der Waals surface area contributed by atoms with Crippen molar-refractivity contribution in [3.05, 3.63) is 36.9 Å². The Morgan fingerprint density at radius 3 is 3.00 bits per heavy atom. The fourth-order valence-corrected chi connectivity index (χ4v) is 2.37. The summed E-state index contributed by atoms with van der Waals surface area (Å²) < 4.78 is 0. The summed E-state index contributed by atoms with van der Waals surface area (Å²) in [6, 6.07) is 5.87. The molecule has 0 spiro atoms. The van der Waals surface area contributed by atoms with Gasteiger partial charge < -0.3 is 5.73 Å². The minimum Gasteiger partial charge on any atom is -0.397 e. The van der Waals surface area contributed by atoms with Gasteiger partial charge in [-0.1, -0.05) is 6.07 Å². The molecule has 0 amide bonds. The summed E-state index contributed by atoms with van der Waals surface area (Å²) in [6.45, 7) is 0. The average molecular weight is 243 g/mol. The van der Waals surface area contributed by atoms with E-state index in [1.54, 1.807) is 12.4 Å². The van der Waals surface area contributed by atoms with Crippen LogP contribution in [-0.4, -0.2) is 20.2 Å². The number of hydrogen-bond donors (Lipinski definition) is 2. The van der Waals surface area contributed by atoms with Crippen LogP contribution in [0.3, 0.4) is 0 Å². The molecular weight excluding hydrogens is 234 g/mol. The zero-order valence-electron chi connectivity index (χ0n) is 8.79. The van der Waals surface area contributed by atoms with Gasteiger partial charge in [0, 0.05) is 28.1 Å². The van der Waals surface area contributed by atoms with E-state index in [0.717, 1.165) is 26.5 Å². The Bertz CT molecular complexity index is 650. The lowest BCUT2D eigenvalue weighted by Gasteiger charge is -2.06. The molecular formula is C11H9N5S. The van der Waals surface area contributed by atoms with Crippen molar-refractivity contribution in [2.75, 3.05) is 5.73 Å². The highest BCUT2D eigenvalue weighted by atomic mass is 32.2. The predicted octanol–water partition coefficient (Wildman–Crippen LogP) is 2.09. The van der Waals surface area contributed by atoms with Crippen molar-refractivity contribution in [1.82, 2.24) is 20.2 Å². The molecule has 0 unspecified atom stereocenters. The molecule has 0 aliphatic heterocycles. The molecule has 0 bridgehead atoms. The number of nitrogen functional groups attached to an aromatic ring is 1. The van der Waals surface area contributed by atoms with E-state index in [1.807, 2.05) is 18.2 Å². The number of anilines is 1. The Morgan fingerprint density at radius 1 is 1.24 bits per heavy atom. The second kappa shape index (κ2) is 4.06. The van der Waals surface area contributed by atoms with E-state index >= 15 is 0 Å². The van der Waals surface area contributed by atoms with E-state index < -0.39 is 0 Å². The molecule has 0 aliphatic carbocycles. The van der Waals surface area contributed by atoms with Gasteiger partial charge in [0.25, 0.3) is 0 Å². The quantitative estimate of drug-likeness (QED) is 0.673. The number of nitrogens with zero attached hydrogens (tertiary/aromatic N) is 3. The number of hydrogen-bond acceptors (Lipinski definition) is 5. The number of H-pyrrole nitrogens is 1. The standard InChI is InChI=1S/C11H9N5S/c12-10-8-3-4-13-5-7(8)1-2-9(10)17-11-14-6-15-16-11/h1-6H,12H2,(H,14,15,16). The van der Waals surface area contributed by atoms with Gasteiger partial charge in [0.05, 0.1) is 5.69 Å². The molecule has 3 aromatic rings. The number of fused-ring (bicyclic) bond motifs is 1. The first-order valence-electron chi connectivity index (χ1n) is 5.00. The molecule has 6 heteroatoms. The molecule has 0 aliphatic rings. The highest BCUT2D eigenvalue weighted by Crippen LogP contribution is 2.34. The third-order valence-electron chi connectivity index (χ3n) is 2.42. The largest absolute Gasteiger partial charge is 0.397 e. The molecule has 17 heavy (non-hydrogen) atoms. The van der Waals surface area contributed by atoms with E-state index in [4.69, 9.17) is 5.73 Å². The smallest absolute Gasteiger partial charge is 0.188 e. The summed E-state index contributed by atoms with van der Waals surface area (Å²) in [4.78, 5) is 9.09. The summed E-state index contributed by atoms with van der Waals surface area (Å²) >= 11 is 1.46. The summed E-state index contributed by atoms with van der Waals surface area (Å²) in [5.41, 5.74) is 6.87. The van der Waals surface area contributed by atoms with Crippen LogP contribution in [0.2, 0.25) is 0 Å². The Hall–Kier alpha value is -2.08. The van der Waals surface area contributed by atoms with E-state index in [-0.39, 0.29) is 0 Å². The number of nitrogens with two attached hydrogens (primary N) is 1. The van der Waals surface area contributed by atoms with Crippen molar-refractivity contribution in [3.8, 4) is 0 Å². The number of nitrogens with one attached hydrogen (secondary N) is 1. The number of benzene rings is 1. The summed E-state index contributed by atoms with van der Waals surface area (Å²) in [7, 11) is 0. The van der Waals surface area contributed by atoms with Crippen LogP contribution in [0, 0.1) is 0 Å². The van der Waals surface area contributed by atoms with Crippen LogP contribution in [0.5, 0.6) is 0 Å². The van der Waals surface area contributed by atoms with E-state index in [0.29, 0.717) is 0 Å². The summed E-state index contributed by atoms with van der Waals surface area (Å²) in [6.07, 6.45) is 5.01. The molecule has 5 nitrogen and oxygen atoms in total. The maximum atomic E-state index is 6.12. The zero-order chi connectivity index (χ0) is 11.7. The van der Waals surface area contributed by atoms with Crippen molar-refractivity contribution in [1.29, 1.82) is 0 Å². The highest BCUT2D eigenvalue weighted by Gasteiger charge is 2.07. The molecule has 0 saturated heterocycles. The monoisotopic (exact) mass is 243 g/mol. The van der Waals surface area contributed by atoms with Gasteiger partial charge in [-0.2, -0.15) is 5.10 Å². The topological polar surface area (TPSA) is 80.5 Å². The van der Waals surface area contributed by atoms with Gasteiger partial charge in [0.1, 0.15) is 6.33 Å². The van der Waals surface area contributed by atoms with Crippen molar-refractivity contribution in [2.24, 2.45) is 0 Å².